The molecule has 5 heteroatoms. The maximum atomic E-state index is 4.48. The zero-order valence-electron chi connectivity index (χ0n) is 13.7. The highest BCUT2D eigenvalue weighted by Crippen LogP contribution is 2.42. The Morgan fingerprint density at radius 2 is 1.95 bits per heavy atom. The van der Waals surface area contributed by atoms with Gasteiger partial charge >= 0.3 is 0 Å². The van der Waals surface area contributed by atoms with E-state index >= 15 is 0 Å². The summed E-state index contributed by atoms with van der Waals surface area (Å²) in [5.74, 6) is 0. The Labute approximate surface area is 132 Å². The molecule has 2 heterocycles. The number of nitrogens with zero attached hydrogens (tertiary/aromatic N) is 5. The molecule has 2 aliphatic heterocycles. The summed E-state index contributed by atoms with van der Waals surface area (Å²) in [5, 5.41) is 16.3. The highest BCUT2D eigenvalue weighted by molar-refractivity contribution is 5.71. The summed E-state index contributed by atoms with van der Waals surface area (Å²) >= 11 is 0. The van der Waals surface area contributed by atoms with Crippen molar-refractivity contribution in [1.29, 1.82) is 0 Å². The van der Waals surface area contributed by atoms with E-state index in [4.69, 9.17) is 0 Å². The number of benzene rings is 1. The average molecular weight is 299 g/mol. The van der Waals surface area contributed by atoms with E-state index in [1.54, 1.807) is 7.05 Å². The van der Waals surface area contributed by atoms with E-state index in [0.717, 1.165) is 18.5 Å². The lowest BCUT2D eigenvalue weighted by atomic mass is 9.86. The van der Waals surface area contributed by atoms with Crippen molar-refractivity contribution < 1.29 is 0 Å². The van der Waals surface area contributed by atoms with Gasteiger partial charge in [-0.25, -0.2) is 0 Å². The number of azo groups is 2. The van der Waals surface area contributed by atoms with Crippen molar-refractivity contribution in [2.75, 3.05) is 31.7 Å². The van der Waals surface area contributed by atoms with Gasteiger partial charge in [-0.15, -0.1) is 0 Å². The van der Waals surface area contributed by atoms with Crippen LogP contribution in [0.2, 0.25) is 0 Å². The first-order valence-electron chi connectivity index (χ1n) is 8.40. The molecule has 0 spiro atoms. The summed E-state index contributed by atoms with van der Waals surface area (Å²) in [7, 11) is 1.66. The van der Waals surface area contributed by atoms with Gasteiger partial charge in [0, 0.05) is 25.8 Å². The van der Waals surface area contributed by atoms with Crippen molar-refractivity contribution in [1.82, 2.24) is 0 Å². The zero-order chi connectivity index (χ0) is 15.4. The molecule has 0 atom stereocenters. The van der Waals surface area contributed by atoms with Gasteiger partial charge < -0.3 is 4.90 Å². The highest BCUT2D eigenvalue weighted by atomic mass is 15.2. The van der Waals surface area contributed by atoms with E-state index in [0.29, 0.717) is 6.67 Å². The summed E-state index contributed by atoms with van der Waals surface area (Å²) in [5.41, 5.74) is 6.99. The van der Waals surface area contributed by atoms with E-state index in [1.165, 1.54) is 61.2 Å². The summed E-state index contributed by atoms with van der Waals surface area (Å²) in [6, 6.07) is 2.27. The van der Waals surface area contributed by atoms with Crippen LogP contribution in [0.25, 0.3) is 0 Å². The van der Waals surface area contributed by atoms with Crippen LogP contribution in [0.15, 0.2) is 26.5 Å². The zero-order valence-corrected chi connectivity index (χ0v) is 13.7. The van der Waals surface area contributed by atoms with E-state index in [2.05, 4.69) is 38.3 Å². The lowest BCUT2D eigenvalue weighted by molar-refractivity contribution is 0.629. The maximum absolute atomic E-state index is 4.48. The molecule has 0 bridgehead atoms. The number of hydrogen-bond acceptors (Lipinski definition) is 5. The molecule has 1 aromatic carbocycles. The molecule has 0 aromatic heterocycles. The number of rotatable bonds is 5. The number of aryl methyl sites for hydroxylation is 1. The van der Waals surface area contributed by atoms with Gasteiger partial charge in [0.1, 0.15) is 0 Å². The second kappa shape index (κ2) is 6.99. The van der Waals surface area contributed by atoms with Crippen LogP contribution in [0, 0.1) is 0 Å². The van der Waals surface area contributed by atoms with Crippen LogP contribution >= 0.6 is 0 Å². The van der Waals surface area contributed by atoms with Crippen molar-refractivity contribution in [2.24, 2.45) is 20.5 Å². The minimum absolute atomic E-state index is 0.320. The van der Waals surface area contributed by atoms with E-state index in [-0.39, 0.29) is 0 Å². The van der Waals surface area contributed by atoms with E-state index < -0.39 is 0 Å². The predicted octanol–water partition coefficient (Wildman–Crippen LogP) is 4.46. The van der Waals surface area contributed by atoms with Gasteiger partial charge in [-0.05, 0) is 54.9 Å². The first-order valence-corrected chi connectivity index (χ1v) is 8.40. The summed E-state index contributed by atoms with van der Waals surface area (Å²) < 4.78 is 0. The third-order valence-corrected chi connectivity index (χ3v) is 4.57. The topological polar surface area (TPSA) is 52.7 Å². The molecule has 5 nitrogen and oxygen atoms in total. The van der Waals surface area contributed by atoms with E-state index in [1.807, 2.05) is 0 Å². The van der Waals surface area contributed by atoms with Crippen molar-refractivity contribution in [3.05, 3.63) is 22.8 Å². The van der Waals surface area contributed by atoms with Crippen molar-refractivity contribution >= 4 is 11.4 Å². The number of hydrogen-bond donors (Lipinski definition) is 0. The average Bonchev–Trinajstić information content (AvgIpc) is 2.55. The van der Waals surface area contributed by atoms with Crippen LogP contribution < -0.4 is 4.90 Å². The fraction of sp³-hybridized carbons (Fsp3) is 0.647. The normalized spacial score (nSPS) is 17.5. The second-order valence-corrected chi connectivity index (χ2v) is 6.03. The van der Waals surface area contributed by atoms with Gasteiger partial charge in [0.25, 0.3) is 0 Å². The van der Waals surface area contributed by atoms with Crippen molar-refractivity contribution in [3.63, 3.8) is 0 Å². The van der Waals surface area contributed by atoms with Crippen LogP contribution in [-0.2, 0) is 19.3 Å². The van der Waals surface area contributed by atoms with Crippen LogP contribution in [-0.4, -0.2) is 26.8 Å². The first kappa shape index (κ1) is 15.1. The molecule has 0 saturated heterocycles. The molecule has 2 aliphatic rings. The molecule has 0 fully saturated rings. The molecule has 0 saturated carbocycles. The van der Waals surface area contributed by atoms with Gasteiger partial charge in [0.15, 0.2) is 6.67 Å². The standard InChI is InChI=1S/C17H25N5/c1-3-6-14-15-8-5-10-22-9-4-7-13(17(15)22)11-16(14)21-20-12-19-18-2/h11H,3-10,12H2,1-2H3/b19-18+,21-20+. The Hall–Kier alpha value is -1.78. The summed E-state index contributed by atoms with van der Waals surface area (Å²) in [4.78, 5) is 2.59. The van der Waals surface area contributed by atoms with Crippen LogP contribution in [0.1, 0.15) is 42.9 Å². The Morgan fingerprint density at radius 3 is 2.73 bits per heavy atom. The Morgan fingerprint density at radius 1 is 1.14 bits per heavy atom. The molecule has 0 unspecified atom stereocenters. The van der Waals surface area contributed by atoms with Crippen molar-refractivity contribution in [3.8, 4) is 0 Å². The highest BCUT2D eigenvalue weighted by Gasteiger charge is 2.27. The lowest BCUT2D eigenvalue weighted by Gasteiger charge is -2.38. The molecule has 0 aliphatic carbocycles. The largest absolute Gasteiger partial charge is 0.371 e. The fourth-order valence-electron chi connectivity index (χ4n) is 3.73. The molecule has 118 valence electrons. The molecule has 1 aromatic rings. The minimum atomic E-state index is 0.320. The van der Waals surface area contributed by atoms with E-state index in [9.17, 15) is 0 Å². The summed E-state index contributed by atoms with van der Waals surface area (Å²) in [6.07, 6.45) is 7.09. The molecule has 22 heavy (non-hydrogen) atoms. The maximum Gasteiger partial charge on any atom is 0.171 e. The van der Waals surface area contributed by atoms with Gasteiger partial charge in [0.2, 0.25) is 0 Å². The fourth-order valence-corrected chi connectivity index (χ4v) is 3.73. The molecule has 3 rings (SSSR count). The monoisotopic (exact) mass is 299 g/mol. The molecular formula is C17H25N5. The Kier molecular flexibility index (Phi) is 4.80. The molecule has 0 radical (unpaired) electrons. The van der Waals surface area contributed by atoms with Gasteiger partial charge in [0.05, 0.1) is 5.69 Å². The van der Waals surface area contributed by atoms with Gasteiger partial charge in [-0.1, -0.05) is 13.3 Å². The smallest absolute Gasteiger partial charge is 0.171 e. The third kappa shape index (κ3) is 2.89. The van der Waals surface area contributed by atoms with Crippen molar-refractivity contribution in [2.45, 2.75) is 45.4 Å². The quantitative estimate of drug-likeness (QED) is 0.740. The predicted molar refractivity (Wildman–Crippen MR) is 89.5 cm³/mol. The molecule has 0 amide bonds. The third-order valence-electron chi connectivity index (χ3n) is 4.57. The van der Waals surface area contributed by atoms with Gasteiger partial charge in [-0.3, -0.25) is 0 Å². The lowest BCUT2D eigenvalue weighted by Crippen LogP contribution is -2.35. The number of anilines is 1. The first-order chi connectivity index (χ1) is 10.8. The SMILES string of the molecule is CCCc1c(/N=N/C/N=N/C)cc2c3c1CCCN3CCC2. The molecular weight excluding hydrogens is 274 g/mol. The summed E-state index contributed by atoms with van der Waals surface area (Å²) in [6.45, 7) is 4.98. The van der Waals surface area contributed by atoms with Crippen LogP contribution in [0.4, 0.5) is 11.4 Å². The van der Waals surface area contributed by atoms with Crippen LogP contribution in [0.5, 0.6) is 0 Å². The Bertz CT molecular complexity index is 589. The molecule has 0 N–H and O–H groups in total. The van der Waals surface area contributed by atoms with Gasteiger partial charge in [-0.2, -0.15) is 20.5 Å². The minimum Gasteiger partial charge on any atom is -0.371 e. The second-order valence-electron chi connectivity index (χ2n) is 6.03. The Balaban J connectivity index is 2.03. The van der Waals surface area contributed by atoms with Crippen LogP contribution in [0.3, 0.4) is 0 Å².